The lowest BCUT2D eigenvalue weighted by molar-refractivity contribution is -0.155. The molecule has 1 aliphatic heterocycles. The van der Waals surface area contributed by atoms with Crippen LogP contribution in [0.1, 0.15) is 37.7 Å². The number of rotatable bonds is 3. The Hall–Kier alpha value is -0.570. The van der Waals surface area contributed by atoms with Crippen molar-refractivity contribution in [2.45, 2.75) is 44.1 Å². The number of hydrogen-bond donors (Lipinski definition) is 0. The lowest BCUT2D eigenvalue weighted by atomic mass is 9.71. The first-order valence-electron chi connectivity index (χ1n) is 7.19. The SMILES string of the molecule is O=C(Cc1c(Cl)cccc1Cl)C1CCOC2(CCC2)C1. The number of carbonyl (C=O) groups is 1. The van der Waals surface area contributed by atoms with Crippen molar-refractivity contribution in [2.75, 3.05) is 6.61 Å². The molecule has 1 saturated heterocycles. The van der Waals surface area contributed by atoms with Crippen molar-refractivity contribution in [2.24, 2.45) is 5.92 Å². The lowest BCUT2D eigenvalue weighted by Crippen LogP contribution is -2.47. The summed E-state index contributed by atoms with van der Waals surface area (Å²) in [6.45, 7) is 0.701. The minimum absolute atomic E-state index is 0.00283. The van der Waals surface area contributed by atoms with E-state index in [1.54, 1.807) is 18.2 Å². The highest BCUT2D eigenvalue weighted by Crippen LogP contribution is 2.44. The third-order valence-corrected chi connectivity index (χ3v) is 5.33. The van der Waals surface area contributed by atoms with Gasteiger partial charge in [-0.15, -0.1) is 0 Å². The molecule has 1 unspecified atom stereocenters. The monoisotopic (exact) mass is 312 g/mol. The molecule has 20 heavy (non-hydrogen) atoms. The van der Waals surface area contributed by atoms with E-state index in [0.29, 0.717) is 23.1 Å². The second-order valence-electron chi connectivity index (χ2n) is 5.92. The van der Waals surface area contributed by atoms with E-state index in [4.69, 9.17) is 27.9 Å². The summed E-state index contributed by atoms with van der Waals surface area (Å²) in [5.74, 6) is 0.339. The third-order valence-electron chi connectivity index (χ3n) is 4.63. The molecule has 1 saturated carbocycles. The smallest absolute Gasteiger partial charge is 0.140 e. The van der Waals surface area contributed by atoms with Crippen LogP contribution in [0.4, 0.5) is 0 Å². The van der Waals surface area contributed by atoms with Gasteiger partial charge < -0.3 is 4.74 Å². The minimum Gasteiger partial charge on any atom is -0.375 e. The van der Waals surface area contributed by atoms with Crippen molar-refractivity contribution < 1.29 is 9.53 Å². The second-order valence-corrected chi connectivity index (χ2v) is 6.73. The Kier molecular flexibility index (Phi) is 4.07. The van der Waals surface area contributed by atoms with Gasteiger partial charge in [0.15, 0.2) is 0 Å². The molecule has 108 valence electrons. The van der Waals surface area contributed by atoms with Gasteiger partial charge in [-0.25, -0.2) is 0 Å². The Morgan fingerprint density at radius 3 is 2.60 bits per heavy atom. The Morgan fingerprint density at radius 1 is 1.30 bits per heavy atom. The number of carbonyl (C=O) groups excluding carboxylic acids is 1. The summed E-state index contributed by atoms with van der Waals surface area (Å²) in [7, 11) is 0. The molecule has 0 bridgehead atoms. The quantitative estimate of drug-likeness (QED) is 0.824. The maximum Gasteiger partial charge on any atom is 0.140 e. The summed E-state index contributed by atoms with van der Waals surface area (Å²) >= 11 is 12.3. The second kappa shape index (κ2) is 5.67. The average Bonchev–Trinajstić information content (AvgIpc) is 2.41. The van der Waals surface area contributed by atoms with Crippen molar-refractivity contribution in [1.82, 2.24) is 0 Å². The van der Waals surface area contributed by atoms with Gasteiger partial charge in [-0.05, 0) is 49.8 Å². The average molecular weight is 313 g/mol. The maximum absolute atomic E-state index is 12.5. The van der Waals surface area contributed by atoms with E-state index in [0.717, 1.165) is 31.2 Å². The van der Waals surface area contributed by atoms with Crippen molar-refractivity contribution in [3.05, 3.63) is 33.8 Å². The van der Waals surface area contributed by atoms with Gasteiger partial charge in [-0.2, -0.15) is 0 Å². The molecule has 1 atom stereocenters. The van der Waals surface area contributed by atoms with Crippen LogP contribution in [0.5, 0.6) is 0 Å². The van der Waals surface area contributed by atoms with Crippen LogP contribution in [0.15, 0.2) is 18.2 Å². The first-order chi connectivity index (χ1) is 9.60. The first-order valence-corrected chi connectivity index (χ1v) is 7.95. The third kappa shape index (κ3) is 2.74. The molecule has 0 N–H and O–H groups in total. The fraction of sp³-hybridized carbons (Fsp3) is 0.562. The highest BCUT2D eigenvalue weighted by Gasteiger charge is 2.44. The molecule has 3 rings (SSSR count). The predicted molar refractivity (Wildman–Crippen MR) is 80.4 cm³/mol. The summed E-state index contributed by atoms with van der Waals surface area (Å²) < 4.78 is 5.88. The van der Waals surface area contributed by atoms with E-state index in [9.17, 15) is 4.79 Å². The molecule has 2 aliphatic rings. The van der Waals surface area contributed by atoms with Gasteiger partial charge in [-0.3, -0.25) is 4.79 Å². The van der Waals surface area contributed by atoms with E-state index in [1.807, 2.05) is 0 Å². The van der Waals surface area contributed by atoms with Crippen LogP contribution in [0, 0.1) is 5.92 Å². The van der Waals surface area contributed by atoms with Crippen LogP contribution in [-0.2, 0) is 16.0 Å². The molecule has 4 heteroatoms. The Morgan fingerprint density at radius 2 is 2.00 bits per heavy atom. The number of ether oxygens (including phenoxy) is 1. The van der Waals surface area contributed by atoms with E-state index < -0.39 is 0 Å². The molecule has 1 aromatic rings. The van der Waals surface area contributed by atoms with Gasteiger partial charge in [0.05, 0.1) is 5.60 Å². The zero-order chi connectivity index (χ0) is 14.2. The first kappa shape index (κ1) is 14.4. The molecule has 0 amide bonds. The molecule has 0 radical (unpaired) electrons. The highest BCUT2D eigenvalue weighted by atomic mass is 35.5. The van der Waals surface area contributed by atoms with Crippen molar-refractivity contribution in [3.8, 4) is 0 Å². The fourth-order valence-electron chi connectivity index (χ4n) is 3.24. The Bertz CT molecular complexity index is 503. The molecule has 1 aliphatic carbocycles. The number of halogens is 2. The van der Waals surface area contributed by atoms with Crippen molar-refractivity contribution in [3.63, 3.8) is 0 Å². The zero-order valence-corrected chi connectivity index (χ0v) is 12.8. The summed E-state index contributed by atoms with van der Waals surface area (Å²) in [5, 5.41) is 1.16. The Labute approximate surface area is 129 Å². The molecular weight excluding hydrogens is 295 g/mol. The van der Waals surface area contributed by atoms with Gasteiger partial charge in [0.2, 0.25) is 0 Å². The largest absolute Gasteiger partial charge is 0.375 e. The van der Waals surface area contributed by atoms with Crippen LogP contribution in [0.2, 0.25) is 10.0 Å². The van der Waals surface area contributed by atoms with E-state index >= 15 is 0 Å². The van der Waals surface area contributed by atoms with Crippen LogP contribution >= 0.6 is 23.2 Å². The summed E-state index contributed by atoms with van der Waals surface area (Å²) in [6.07, 6.45) is 5.44. The molecule has 1 aromatic carbocycles. The zero-order valence-electron chi connectivity index (χ0n) is 11.3. The number of ketones is 1. The summed E-state index contributed by atoms with van der Waals surface area (Å²) in [6, 6.07) is 5.37. The molecule has 0 aromatic heterocycles. The fourth-order valence-corrected chi connectivity index (χ4v) is 3.77. The number of Topliss-reactive ketones (excluding diaryl/α,β-unsaturated/α-hetero) is 1. The van der Waals surface area contributed by atoms with Crippen LogP contribution < -0.4 is 0 Å². The van der Waals surface area contributed by atoms with Gasteiger partial charge in [0, 0.05) is 29.0 Å². The van der Waals surface area contributed by atoms with Gasteiger partial charge in [0.25, 0.3) is 0 Å². The Balaban J connectivity index is 1.70. The van der Waals surface area contributed by atoms with Crippen molar-refractivity contribution >= 4 is 29.0 Å². The van der Waals surface area contributed by atoms with E-state index in [-0.39, 0.29) is 17.3 Å². The van der Waals surface area contributed by atoms with Crippen LogP contribution in [0.25, 0.3) is 0 Å². The van der Waals surface area contributed by atoms with E-state index in [2.05, 4.69) is 0 Å². The number of hydrogen-bond acceptors (Lipinski definition) is 2. The molecule has 2 nitrogen and oxygen atoms in total. The lowest BCUT2D eigenvalue weighted by Gasteiger charge is -2.46. The topological polar surface area (TPSA) is 26.3 Å². The van der Waals surface area contributed by atoms with E-state index in [1.165, 1.54) is 6.42 Å². The molecule has 2 fully saturated rings. The summed E-state index contributed by atoms with van der Waals surface area (Å²) in [4.78, 5) is 12.5. The van der Waals surface area contributed by atoms with Gasteiger partial charge in [-0.1, -0.05) is 29.3 Å². The van der Waals surface area contributed by atoms with Crippen LogP contribution in [0.3, 0.4) is 0 Å². The normalized spacial score (nSPS) is 24.4. The van der Waals surface area contributed by atoms with Gasteiger partial charge in [0.1, 0.15) is 5.78 Å². The molecular formula is C16H18Cl2O2. The molecule has 1 spiro atoms. The molecule has 1 heterocycles. The van der Waals surface area contributed by atoms with Gasteiger partial charge >= 0.3 is 0 Å². The predicted octanol–water partition coefficient (Wildman–Crippen LogP) is 4.45. The maximum atomic E-state index is 12.5. The minimum atomic E-state index is 0.00283. The van der Waals surface area contributed by atoms with Crippen LogP contribution in [-0.4, -0.2) is 18.0 Å². The van der Waals surface area contributed by atoms with Crippen molar-refractivity contribution in [1.29, 1.82) is 0 Å². The summed E-state index contributed by atoms with van der Waals surface area (Å²) in [5.41, 5.74) is 0.762. The highest BCUT2D eigenvalue weighted by molar-refractivity contribution is 6.36. The number of benzene rings is 1. The standard InChI is InChI=1S/C16H18Cl2O2/c17-13-3-1-4-14(18)12(13)9-15(19)11-5-8-20-16(10-11)6-2-7-16/h1,3-4,11H,2,5-10H2.